The van der Waals surface area contributed by atoms with E-state index < -0.39 is 6.09 Å². The molecule has 0 unspecified atom stereocenters. The van der Waals surface area contributed by atoms with Crippen molar-refractivity contribution in [3.05, 3.63) is 15.8 Å². The zero-order valence-corrected chi connectivity index (χ0v) is 7.14. The van der Waals surface area contributed by atoms with E-state index in [2.05, 4.69) is 5.32 Å². The zero-order valence-electron chi connectivity index (χ0n) is 6.33. The predicted octanol–water partition coefficient (Wildman–Crippen LogP) is 1.96. The molecule has 0 saturated heterocycles. The van der Waals surface area contributed by atoms with E-state index in [1.165, 1.54) is 17.4 Å². The fourth-order valence-corrected chi connectivity index (χ4v) is 1.60. The largest absolute Gasteiger partial charge is 0.465 e. The monoisotopic (exact) mass is 185 g/mol. The molecule has 1 heterocycles. The van der Waals surface area contributed by atoms with Crippen molar-refractivity contribution in [3.8, 4) is 0 Å². The number of hydrogen-bond acceptors (Lipinski definition) is 3. The number of rotatable bonds is 2. The van der Waals surface area contributed by atoms with Gasteiger partial charge in [-0.2, -0.15) is 0 Å². The van der Waals surface area contributed by atoms with Crippen LogP contribution in [0.15, 0.2) is 6.07 Å². The van der Waals surface area contributed by atoms with Gasteiger partial charge in [0.1, 0.15) is 0 Å². The highest BCUT2D eigenvalue weighted by Crippen LogP contribution is 2.24. The molecule has 1 amide bonds. The summed E-state index contributed by atoms with van der Waals surface area (Å²) in [7, 11) is 0. The Balaban J connectivity index is 2.91. The minimum atomic E-state index is -1.12. The van der Waals surface area contributed by atoms with E-state index in [1.807, 2.05) is 0 Å². The highest BCUT2D eigenvalue weighted by molar-refractivity contribution is 7.14. The van der Waals surface area contributed by atoms with E-state index in [1.54, 1.807) is 6.92 Å². The molecular weight excluding hydrogens is 178 g/mol. The maximum atomic E-state index is 10.3. The number of amides is 1. The SMILES string of the molecule is Cc1sc(C=O)cc1NC(=O)O. The highest BCUT2D eigenvalue weighted by Gasteiger charge is 2.06. The van der Waals surface area contributed by atoms with Crippen LogP contribution in [0.4, 0.5) is 10.5 Å². The number of nitrogens with one attached hydrogen (secondary N) is 1. The van der Waals surface area contributed by atoms with Crippen molar-refractivity contribution >= 4 is 29.4 Å². The van der Waals surface area contributed by atoms with Crippen molar-refractivity contribution in [2.24, 2.45) is 0 Å². The van der Waals surface area contributed by atoms with E-state index in [9.17, 15) is 9.59 Å². The summed E-state index contributed by atoms with van der Waals surface area (Å²) in [4.78, 5) is 21.8. The van der Waals surface area contributed by atoms with Gasteiger partial charge in [0.15, 0.2) is 6.29 Å². The summed E-state index contributed by atoms with van der Waals surface area (Å²) >= 11 is 1.26. The third-order valence-corrected chi connectivity index (χ3v) is 2.27. The molecule has 0 bridgehead atoms. The summed E-state index contributed by atoms with van der Waals surface area (Å²) in [6, 6.07) is 1.52. The molecule has 1 aromatic rings. The molecule has 12 heavy (non-hydrogen) atoms. The zero-order chi connectivity index (χ0) is 9.14. The number of carboxylic acid groups (broad SMARTS) is 1. The minimum absolute atomic E-state index is 0.481. The first-order chi connectivity index (χ1) is 5.63. The Hall–Kier alpha value is -1.36. The van der Waals surface area contributed by atoms with E-state index >= 15 is 0 Å². The van der Waals surface area contributed by atoms with Crippen LogP contribution in [0, 0.1) is 6.92 Å². The van der Waals surface area contributed by atoms with Crippen molar-refractivity contribution in [1.82, 2.24) is 0 Å². The molecule has 0 saturated carbocycles. The summed E-state index contributed by atoms with van der Waals surface area (Å²) in [5.74, 6) is 0. The van der Waals surface area contributed by atoms with Crippen LogP contribution in [-0.4, -0.2) is 17.5 Å². The highest BCUT2D eigenvalue weighted by atomic mass is 32.1. The molecule has 0 spiro atoms. The lowest BCUT2D eigenvalue weighted by Crippen LogP contribution is -2.06. The Labute approximate surface area is 72.8 Å². The molecule has 0 aromatic carbocycles. The van der Waals surface area contributed by atoms with Gasteiger partial charge in [0.25, 0.3) is 0 Å². The Kier molecular flexibility index (Phi) is 2.44. The first-order valence-corrected chi connectivity index (χ1v) is 4.00. The lowest BCUT2D eigenvalue weighted by molar-refractivity contribution is 0.112. The summed E-state index contributed by atoms with van der Waals surface area (Å²) in [6.45, 7) is 1.75. The molecule has 64 valence electrons. The number of aldehydes is 1. The average Bonchev–Trinajstić information content (AvgIpc) is 2.31. The first-order valence-electron chi connectivity index (χ1n) is 3.19. The molecular formula is C7H7NO3S. The van der Waals surface area contributed by atoms with Gasteiger partial charge in [-0.05, 0) is 13.0 Å². The third-order valence-electron chi connectivity index (χ3n) is 1.29. The van der Waals surface area contributed by atoms with Crippen LogP contribution in [0.5, 0.6) is 0 Å². The molecule has 5 heteroatoms. The number of anilines is 1. The van der Waals surface area contributed by atoms with E-state index in [0.717, 1.165) is 4.88 Å². The van der Waals surface area contributed by atoms with Gasteiger partial charge < -0.3 is 5.11 Å². The molecule has 0 aliphatic carbocycles. The summed E-state index contributed by atoms with van der Waals surface area (Å²) in [6.07, 6.45) is -0.418. The molecule has 0 aliphatic heterocycles. The minimum Gasteiger partial charge on any atom is -0.465 e. The standard InChI is InChI=1S/C7H7NO3S/c1-4-6(8-7(10)11)2-5(3-9)12-4/h2-3,8H,1H3,(H,10,11). The first kappa shape index (κ1) is 8.73. The number of carbonyl (C=O) groups excluding carboxylic acids is 1. The van der Waals surface area contributed by atoms with E-state index in [4.69, 9.17) is 5.11 Å². The molecule has 1 rings (SSSR count). The van der Waals surface area contributed by atoms with Gasteiger partial charge >= 0.3 is 6.09 Å². The molecule has 0 radical (unpaired) electrons. The van der Waals surface area contributed by atoms with Gasteiger partial charge in [-0.3, -0.25) is 10.1 Å². The fraction of sp³-hybridized carbons (Fsp3) is 0.143. The van der Waals surface area contributed by atoms with Crippen molar-refractivity contribution in [3.63, 3.8) is 0 Å². The van der Waals surface area contributed by atoms with Crippen molar-refractivity contribution in [2.45, 2.75) is 6.92 Å². The number of thiophene rings is 1. The average molecular weight is 185 g/mol. The maximum Gasteiger partial charge on any atom is 0.409 e. The number of hydrogen-bond donors (Lipinski definition) is 2. The van der Waals surface area contributed by atoms with Crippen LogP contribution in [0.1, 0.15) is 14.5 Å². The predicted molar refractivity (Wildman–Crippen MR) is 46.1 cm³/mol. The van der Waals surface area contributed by atoms with Crippen molar-refractivity contribution in [2.75, 3.05) is 5.32 Å². The van der Waals surface area contributed by atoms with Crippen molar-refractivity contribution < 1.29 is 14.7 Å². The Morgan fingerprint density at radius 3 is 2.83 bits per heavy atom. The van der Waals surface area contributed by atoms with Crippen LogP contribution in [0.2, 0.25) is 0 Å². The number of carbonyl (C=O) groups is 2. The quantitative estimate of drug-likeness (QED) is 0.692. The maximum absolute atomic E-state index is 10.3. The van der Waals surface area contributed by atoms with Crippen molar-refractivity contribution in [1.29, 1.82) is 0 Å². The molecule has 2 N–H and O–H groups in total. The molecule has 1 aromatic heterocycles. The summed E-state index contributed by atoms with van der Waals surface area (Å²) < 4.78 is 0. The van der Waals surface area contributed by atoms with Crippen LogP contribution in [-0.2, 0) is 0 Å². The van der Waals surface area contributed by atoms with E-state index in [-0.39, 0.29) is 0 Å². The second kappa shape index (κ2) is 3.36. The summed E-state index contributed by atoms with van der Waals surface area (Å²) in [5, 5.41) is 10.6. The normalized spacial score (nSPS) is 9.42. The van der Waals surface area contributed by atoms with Crippen LogP contribution < -0.4 is 5.32 Å². The third kappa shape index (κ3) is 1.82. The van der Waals surface area contributed by atoms with Gasteiger partial charge in [-0.15, -0.1) is 11.3 Å². The summed E-state index contributed by atoms with van der Waals surface area (Å²) in [5.41, 5.74) is 0.481. The van der Waals surface area contributed by atoms with Gasteiger partial charge in [-0.1, -0.05) is 0 Å². The number of aryl methyl sites for hydroxylation is 1. The van der Waals surface area contributed by atoms with Gasteiger partial charge in [0.05, 0.1) is 10.6 Å². The van der Waals surface area contributed by atoms with Gasteiger partial charge in [0.2, 0.25) is 0 Å². The second-order valence-corrected chi connectivity index (χ2v) is 3.45. The molecule has 0 fully saturated rings. The topological polar surface area (TPSA) is 66.4 Å². The van der Waals surface area contributed by atoms with Crippen LogP contribution >= 0.6 is 11.3 Å². The van der Waals surface area contributed by atoms with Gasteiger partial charge in [0, 0.05) is 4.88 Å². The lowest BCUT2D eigenvalue weighted by atomic mass is 10.4. The fourth-order valence-electron chi connectivity index (χ4n) is 0.802. The molecule has 0 atom stereocenters. The molecule has 0 aliphatic rings. The smallest absolute Gasteiger partial charge is 0.409 e. The lowest BCUT2D eigenvalue weighted by Gasteiger charge is -1.95. The second-order valence-electron chi connectivity index (χ2n) is 2.17. The van der Waals surface area contributed by atoms with Crippen LogP contribution in [0.25, 0.3) is 0 Å². The van der Waals surface area contributed by atoms with Crippen LogP contribution in [0.3, 0.4) is 0 Å². The van der Waals surface area contributed by atoms with E-state index in [0.29, 0.717) is 16.9 Å². The molecule has 4 nitrogen and oxygen atoms in total. The Bertz CT molecular complexity index is 318. The Morgan fingerprint density at radius 1 is 1.75 bits per heavy atom. The Morgan fingerprint density at radius 2 is 2.42 bits per heavy atom. The van der Waals surface area contributed by atoms with Gasteiger partial charge in [-0.25, -0.2) is 4.79 Å².